The molecular formula is C13H10N4O. The van der Waals surface area contributed by atoms with Crippen LogP contribution in [0.15, 0.2) is 49.1 Å². The van der Waals surface area contributed by atoms with Gasteiger partial charge < -0.3 is 10.5 Å². The van der Waals surface area contributed by atoms with Crippen LogP contribution in [0.2, 0.25) is 0 Å². The summed E-state index contributed by atoms with van der Waals surface area (Å²) >= 11 is 0. The smallest absolute Gasteiger partial charge is 0.230 e. The second kappa shape index (κ2) is 4.29. The Morgan fingerprint density at radius 3 is 2.89 bits per heavy atom. The van der Waals surface area contributed by atoms with E-state index in [1.807, 2.05) is 12.1 Å². The number of pyridine rings is 1. The Bertz CT molecular complexity index is 685. The van der Waals surface area contributed by atoms with Gasteiger partial charge in [-0.05, 0) is 30.3 Å². The predicted molar refractivity (Wildman–Crippen MR) is 68.3 cm³/mol. The van der Waals surface area contributed by atoms with Crippen LogP contribution in [0.4, 0.5) is 5.69 Å². The molecule has 5 heteroatoms. The third kappa shape index (κ3) is 1.93. The number of ether oxygens (including phenoxy) is 1. The first-order valence-corrected chi connectivity index (χ1v) is 5.41. The Balaban J connectivity index is 2.09. The average molecular weight is 238 g/mol. The molecule has 88 valence electrons. The van der Waals surface area contributed by atoms with E-state index in [1.165, 1.54) is 6.33 Å². The molecule has 0 amide bonds. The van der Waals surface area contributed by atoms with Crippen molar-refractivity contribution in [1.29, 1.82) is 0 Å². The van der Waals surface area contributed by atoms with Gasteiger partial charge in [-0.1, -0.05) is 0 Å². The van der Waals surface area contributed by atoms with Crippen LogP contribution in [0.3, 0.4) is 0 Å². The molecule has 0 unspecified atom stereocenters. The monoisotopic (exact) mass is 238 g/mol. The molecule has 2 heterocycles. The first-order valence-electron chi connectivity index (χ1n) is 5.41. The SMILES string of the molecule is Nc1ccc2ncnc(Oc3cccnc3)c2c1. The molecule has 5 nitrogen and oxygen atoms in total. The first kappa shape index (κ1) is 10.5. The summed E-state index contributed by atoms with van der Waals surface area (Å²) in [6, 6.07) is 9.03. The lowest BCUT2D eigenvalue weighted by atomic mass is 10.2. The van der Waals surface area contributed by atoms with Crippen LogP contribution in [0.25, 0.3) is 10.9 Å². The van der Waals surface area contributed by atoms with E-state index >= 15 is 0 Å². The summed E-state index contributed by atoms with van der Waals surface area (Å²) in [6.07, 6.45) is 4.77. The largest absolute Gasteiger partial charge is 0.437 e. The molecule has 0 aliphatic heterocycles. The van der Waals surface area contributed by atoms with Crippen molar-refractivity contribution >= 4 is 16.6 Å². The number of nitrogens with zero attached hydrogens (tertiary/aromatic N) is 3. The van der Waals surface area contributed by atoms with Gasteiger partial charge in [0.15, 0.2) is 0 Å². The second-order valence-corrected chi connectivity index (χ2v) is 3.75. The quantitative estimate of drug-likeness (QED) is 0.694. The maximum atomic E-state index is 5.76. The van der Waals surface area contributed by atoms with Gasteiger partial charge in [-0.25, -0.2) is 9.97 Å². The van der Waals surface area contributed by atoms with Crippen molar-refractivity contribution in [1.82, 2.24) is 15.0 Å². The number of benzene rings is 1. The Morgan fingerprint density at radius 2 is 2.06 bits per heavy atom. The number of anilines is 1. The number of rotatable bonds is 2. The molecule has 0 spiro atoms. The maximum absolute atomic E-state index is 5.76. The number of nitrogen functional groups attached to an aromatic ring is 1. The maximum Gasteiger partial charge on any atom is 0.230 e. The molecule has 0 aliphatic carbocycles. The van der Waals surface area contributed by atoms with E-state index in [0.29, 0.717) is 17.3 Å². The van der Waals surface area contributed by atoms with E-state index in [0.717, 1.165) is 10.9 Å². The van der Waals surface area contributed by atoms with Crippen LogP contribution in [-0.4, -0.2) is 15.0 Å². The van der Waals surface area contributed by atoms with E-state index in [2.05, 4.69) is 15.0 Å². The molecule has 0 saturated carbocycles. The summed E-state index contributed by atoms with van der Waals surface area (Å²) in [7, 11) is 0. The average Bonchev–Trinajstić information content (AvgIpc) is 2.41. The van der Waals surface area contributed by atoms with Gasteiger partial charge in [0.25, 0.3) is 0 Å². The Hall–Kier alpha value is -2.69. The molecule has 3 aromatic rings. The van der Waals surface area contributed by atoms with Gasteiger partial charge >= 0.3 is 0 Å². The van der Waals surface area contributed by atoms with Crippen LogP contribution in [-0.2, 0) is 0 Å². The third-order valence-electron chi connectivity index (χ3n) is 2.47. The standard InChI is InChI=1S/C13H10N4O/c14-9-3-4-12-11(6-9)13(17-8-16-12)18-10-2-1-5-15-7-10/h1-8H,14H2. The van der Waals surface area contributed by atoms with E-state index in [9.17, 15) is 0 Å². The van der Waals surface area contributed by atoms with Crippen molar-refractivity contribution in [2.75, 3.05) is 5.73 Å². The van der Waals surface area contributed by atoms with Crippen molar-refractivity contribution in [3.8, 4) is 11.6 Å². The molecule has 2 N–H and O–H groups in total. The van der Waals surface area contributed by atoms with Crippen LogP contribution in [0.1, 0.15) is 0 Å². The third-order valence-corrected chi connectivity index (χ3v) is 2.47. The number of hydrogen-bond donors (Lipinski definition) is 1. The summed E-state index contributed by atoms with van der Waals surface area (Å²) in [5.74, 6) is 1.10. The fourth-order valence-electron chi connectivity index (χ4n) is 1.65. The van der Waals surface area contributed by atoms with E-state index in [-0.39, 0.29) is 0 Å². The lowest BCUT2D eigenvalue weighted by Crippen LogP contribution is -1.93. The zero-order valence-corrected chi connectivity index (χ0v) is 9.45. The molecular weight excluding hydrogens is 228 g/mol. The van der Waals surface area contributed by atoms with E-state index in [4.69, 9.17) is 10.5 Å². The first-order chi connectivity index (χ1) is 8.83. The Morgan fingerprint density at radius 1 is 1.11 bits per heavy atom. The van der Waals surface area contributed by atoms with Crippen LogP contribution >= 0.6 is 0 Å². The molecule has 0 atom stereocenters. The van der Waals surface area contributed by atoms with Crippen molar-refractivity contribution in [2.45, 2.75) is 0 Å². The molecule has 2 aromatic heterocycles. The van der Waals surface area contributed by atoms with Gasteiger partial charge in [0.05, 0.1) is 17.1 Å². The topological polar surface area (TPSA) is 73.9 Å². The highest BCUT2D eigenvalue weighted by Gasteiger charge is 2.06. The van der Waals surface area contributed by atoms with Crippen LogP contribution < -0.4 is 10.5 Å². The molecule has 18 heavy (non-hydrogen) atoms. The van der Waals surface area contributed by atoms with Gasteiger partial charge in [-0.2, -0.15) is 0 Å². The fraction of sp³-hybridized carbons (Fsp3) is 0. The van der Waals surface area contributed by atoms with Crippen molar-refractivity contribution in [3.63, 3.8) is 0 Å². The summed E-state index contributed by atoms with van der Waals surface area (Å²) in [5, 5.41) is 0.779. The summed E-state index contributed by atoms with van der Waals surface area (Å²) in [5.41, 5.74) is 7.20. The summed E-state index contributed by atoms with van der Waals surface area (Å²) in [4.78, 5) is 12.3. The zero-order valence-electron chi connectivity index (χ0n) is 9.45. The fourth-order valence-corrected chi connectivity index (χ4v) is 1.65. The Kier molecular flexibility index (Phi) is 2.49. The Labute approximate surface area is 103 Å². The highest BCUT2D eigenvalue weighted by molar-refractivity contribution is 5.86. The van der Waals surface area contributed by atoms with Crippen molar-refractivity contribution < 1.29 is 4.74 Å². The molecule has 1 aromatic carbocycles. The van der Waals surface area contributed by atoms with Gasteiger partial charge in [0.2, 0.25) is 5.88 Å². The van der Waals surface area contributed by atoms with E-state index in [1.54, 1.807) is 30.6 Å². The van der Waals surface area contributed by atoms with E-state index < -0.39 is 0 Å². The highest BCUT2D eigenvalue weighted by Crippen LogP contribution is 2.27. The van der Waals surface area contributed by atoms with Gasteiger partial charge in [-0.15, -0.1) is 0 Å². The lowest BCUT2D eigenvalue weighted by Gasteiger charge is -2.07. The molecule has 3 rings (SSSR count). The van der Waals surface area contributed by atoms with Crippen molar-refractivity contribution in [2.24, 2.45) is 0 Å². The molecule has 0 fully saturated rings. The van der Waals surface area contributed by atoms with Crippen LogP contribution in [0, 0.1) is 0 Å². The van der Waals surface area contributed by atoms with Crippen LogP contribution in [0.5, 0.6) is 11.6 Å². The molecule has 0 radical (unpaired) electrons. The zero-order chi connectivity index (χ0) is 12.4. The number of hydrogen-bond acceptors (Lipinski definition) is 5. The number of nitrogens with two attached hydrogens (primary N) is 1. The van der Waals surface area contributed by atoms with Gasteiger partial charge in [0.1, 0.15) is 12.1 Å². The molecule has 0 aliphatic rings. The summed E-state index contributed by atoms with van der Waals surface area (Å²) in [6.45, 7) is 0. The predicted octanol–water partition coefficient (Wildman–Crippen LogP) is 2.40. The minimum absolute atomic E-state index is 0.473. The molecule has 0 saturated heterocycles. The normalized spacial score (nSPS) is 10.4. The minimum atomic E-state index is 0.473. The van der Waals surface area contributed by atoms with Gasteiger partial charge in [-0.3, -0.25) is 4.98 Å². The number of aromatic nitrogens is 3. The number of fused-ring (bicyclic) bond motifs is 1. The molecule has 0 bridgehead atoms. The minimum Gasteiger partial charge on any atom is -0.437 e. The lowest BCUT2D eigenvalue weighted by molar-refractivity contribution is 0.466. The summed E-state index contributed by atoms with van der Waals surface area (Å²) < 4.78 is 5.68. The second-order valence-electron chi connectivity index (χ2n) is 3.75. The highest BCUT2D eigenvalue weighted by atomic mass is 16.5. The van der Waals surface area contributed by atoms with Crippen molar-refractivity contribution in [3.05, 3.63) is 49.1 Å². The van der Waals surface area contributed by atoms with Gasteiger partial charge in [0, 0.05) is 11.9 Å².